The second kappa shape index (κ2) is 4.29. The molecule has 0 amide bonds. The highest BCUT2D eigenvalue weighted by Gasteiger charge is 2.20. The maximum atomic E-state index is 11.1. The number of nitrogens with zero attached hydrogens (tertiary/aromatic N) is 1. The molecule has 0 aromatic carbocycles. The van der Waals surface area contributed by atoms with Crippen LogP contribution in [0.5, 0.6) is 0 Å². The van der Waals surface area contributed by atoms with Crippen LogP contribution in [0.25, 0.3) is 0 Å². The summed E-state index contributed by atoms with van der Waals surface area (Å²) in [6, 6.07) is 0. The van der Waals surface area contributed by atoms with Crippen molar-refractivity contribution >= 4 is 23.3 Å². The number of nitrogens with two attached hydrogens (primary N) is 1. The maximum absolute atomic E-state index is 11.1. The van der Waals surface area contributed by atoms with Crippen molar-refractivity contribution in [2.75, 3.05) is 7.11 Å². The molecule has 0 saturated heterocycles. The summed E-state index contributed by atoms with van der Waals surface area (Å²) < 4.78 is 0. The summed E-state index contributed by atoms with van der Waals surface area (Å²) >= 11 is 1.39. The first kappa shape index (κ1) is 10.1. The number of allylic oxidation sites excluding steroid dienone is 1. The smallest absolute Gasteiger partial charge is 0.183 e. The number of carbonyl (C=O) groups excluding carboxylic acids is 1. The first-order valence-corrected chi connectivity index (χ1v) is 4.59. The summed E-state index contributed by atoms with van der Waals surface area (Å²) in [7, 11) is 1.39. The van der Waals surface area contributed by atoms with E-state index in [1.54, 1.807) is 5.41 Å². The van der Waals surface area contributed by atoms with E-state index in [-0.39, 0.29) is 17.0 Å². The first-order chi connectivity index (χ1) is 6.15. The van der Waals surface area contributed by atoms with E-state index < -0.39 is 0 Å². The number of hydrogen-bond donors (Lipinski definition) is 2. The van der Waals surface area contributed by atoms with Gasteiger partial charge < -0.3 is 15.9 Å². The van der Waals surface area contributed by atoms with Crippen molar-refractivity contribution in [3.8, 4) is 0 Å². The number of oxime groups is 1. The summed E-state index contributed by atoms with van der Waals surface area (Å²) in [6.45, 7) is 1.43. The number of Topliss-reactive ketones (excluding diaryl/α,β-unsaturated/α-hetero) is 1. The van der Waals surface area contributed by atoms with Crippen molar-refractivity contribution in [2.45, 2.75) is 12.4 Å². The summed E-state index contributed by atoms with van der Waals surface area (Å²) in [5.74, 6) is -0.157. The van der Waals surface area contributed by atoms with Crippen LogP contribution in [0.15, 0.2) is 16.3 Å². The van der Waals surface area contributed by atoms with Crippen molar-refractivity contribution in [1.29, 1.82) is 0 Å². The van der Waals surface area contributed by atoms with Gasteiger partial charge in [-0.25, -0.2) is 0 Å². The minimum atomic E-state index is -0.212. The van der Waals surface area contributed by atoms with Crippen LogP contribution in [0.1, 0.15) is 6.92 Å². The number of carbonyl (C=O) groups is 1. The van der Waals surface area contributed by atoms with E-state index in [2.05, 4.69) is 15.3 Å². The Kier molecular flexibility index (Phi) is 3.32. The largest absolute Gasteiger partial charge is 0.398 e. The van der Waals surface area contributed by atoms with E-state index in [1.807, 2.05) is 0 Å². The van der Waals surface area contributed by atoms with E-state index in [9.17, 15) is 4.79 Å². The van der Waals surface area contributed by atoms with Crippen molar-refractivity contribution in [2.24, 2.45) is 10.9 Å². The Balaban J connectivity index is 2.78. The van der Waals surface area contributed by atoms with Gasteiger partial charge in [-0.1, -0.05) is 16.9 Å². The van der Waals surface area contributed by atoms with Crippen LogP contribution in [-0.4, -0.2) is 24.1 Å². The lowest BCUT2D eigenvalue weighted by atomic mass is 10.2. The summed E-state index contributed by atoms with van der Waals surface area (Å²) in [4.78, 5) is 15.6. The zero-order valence-corrected chi connectivity index (χ0v) is 8.22. The molecule has 1 atom stereocenters. The first-order valence-electron chi connectivity index (χ1n) is 3.65. The molecular weight excluding hydrogens is 190 g/mol. The molecule has 0 saturated carbocycles. The Morgan fingerprint density at radius 2 is 2.54 bits per heavy atom. The minimum Gasteiger partial charge on any atom is -0.398 e. The number of rotatable bonds is 3. The van der Waals surface area contributed by atoms with Gasteiger partial charge in [0.1, 0.15) is 12.6 Å². The Morgan fingerprint density at radius 1 is 1.85 bits per heavy atom. The molecule has 1 rings (SSSR count). The molecule has 1 aliphatic rings. The fraction of sp³-hybridized carbons (Fsp3) is 0.429. The lowest BCUT2D eigenvalue weighted by Gasteiger charge is -2.06. The van der Waals surface area contributed by atoms with Gasteiger partial charge in [-0.3, -0.25) is 4.79 Å². The molecule has 0 bridgehead atoms. The molecule has 6 heteroatoms. The molecular formula is C7H11N3O2S. The molecule has 0 fully saturated rings. The zero-order valence-electron chi connectivity index (χ0n) is 7.40. The third-order valence-corrected chi connectivity index (χ3v) is 2.18. The minimum absolute atomic E-state index is 0.157. The number of hydrogen-bond acceptors (Lipinski definition) is 6. The van der Waals surface area contributed by atoms with Crippen LogP contribution in [0.3, 0.4) is 0 Å². The van der Waals surface area contributed by atoms with E-state index in [0.29, 0.717) is 5.70 Å². The van der Waals surface area contributed by atoms with Gasteiger partial charge in [0.05, 0.1) is 5.70 Å². The average molecular weight is 201 g/mol. The number of ketones is 1. The molecule has 0 spiro atoms. The molecule has 0 aliphatic carbocycles. The van der Waals surface area contributed by atoms with Gasteiger partial charge in [-0.05, 0) is 0 Å². The third-order valence-electron chi connectivity index (χ3n) is 1.40. The Labute approximate surface area is 80.4 Å². The van der Waals surface area contributed by atoms with Crippen LogP contribution in [0.2, 0.25) is 0 Å². The van der Waals surface area contributed by atoms with Crippen LogP contribution in [0.4, 0.5) is 0 Å². The molecule has 5 nitrogen and oxygen atoms in total. The maximum Gasteiger partial charge on any atom is 0.183 e. The fourth-order valence-corrected chi connectivity index (χ4v) is 1.54. The molecule has 0 radical (unpaired) electrons. The standard InChI is InChI=1S/C7H11N3O2S/c1-4(11)6(10-12-2)5-3-13-7(8)9-5/h3,7,9H,8H2,1-2H3/b10-6-. The average Bonchev–Trinajstić information content (AvgIpc) is 2.46. The summed E-state index contributed by atoms with van der Waals surface area (Å²) in [5.41, 5.74) is 6.22. The van der Waals surface area contributed by atoms with Crippen molar-refractivity contribution < 1.29 is 9.63 Å². The van der Waals surface area contributed by atoms with Gasteiger partial charge in [0.2, 0.25) is 0 Å². The number of nitrogens with one attached hydrogen (secondary N) is 1. The molecule has 1 unspecified atom stereocenters. The Morgan fingerprint density at radius 3 is 2.92 bits per heavy atom. The lowest BCUT2D eigenvalue weighted by Crippen LogP contribution is -2.33. The van der Waals surface area contributed by atoms with E-state index >= 15 is 0 Å². The van der Waals surface area contributed by atoms with Crippen molar-refractivity contribution in [3.05, 3.63) is 11.1 Å². The molecule has 1 aliphatic heterocycles. The molecule has 72 valence electrons. The second-order valence-electron chi connectivity index (χ2n) is 2.41. The molecule has 13 heavy (non-hydrogen) atoms. The van der Waals surface area contributed by atoms with Gasteiger partial charge >= 0.3 is 0 Å². The van der Waals surface area contributed by atoms with E-state index in [4.69, 9.17) is 5.73 Å². The van der Waals surface area contributed by atoms with Gasteiger partial charge in [0.25, 0.3) is 0 Å². The predicted octanol–water partition coefficient (Wildman–Crippen LogP) is -0.00210. The van der Waals surface area contributed by atoms with Crippen LogP contribution in [0, 0.1) is 0 Å². The van der Waals surface area contributed by atoms with Gasteiger partial charge in [-0.15, -0.1) is 0 Å². The van der Waals surface area contributed by atoms with Crippen molar-refractivity contribution in [3.63, 3.8) is 0 Å². The zero-order chi connectivity index (χ0) is 9.84. The SMILES string of the molecule is CO/N=C(/C(C)=O)C1=CSC(N)N1. The predicted molar refractivity (Wildman–Crippen MR) is 51.9 cm³/mol. The topological polar surface area (TPSA) is 76.7 Å². The molecule has 0 aromatic rings. The van der Waals surface area contributed by atoms with Crippen LogP contribution < -0.4 is 11.1 Å². The Hall–Kier alpha value is -1.01. The highest BCUT2D eigenvalue weighted by Crippen LogP contribution is 2.18. The van der Waals surface area contributed by atoms with Gasteiger partial charge in [0, 0.05) is 12.3 Å². The van der Waals surface area contributed by atoms with Crippen LogP contribution >= 0.6 is 11.8 Å². The normalized spacial score (nSPS) is 22.2. The Bertz CT molecular complexity index is 275. The molecule has 3 N–H and O–H groups in total. The molecule has 1 heterocycles. The number of thioether (sulfide) groups is 1. The highest BCUT2D eigenvalue weighted by atomic mass is 32.2. The van der Waals surface area contributed by atoms with Crippen molar-refractivity contribution in [1.82, 2.24) is 5.32 Å². The van der Waals surface area contributed by atoms with E-state index in [0.717, 1.165) is 0 Å². The second-order valence-corrected chi connectivity index (χ2v) is 3.43. The third kappa shape index (κ3) is 2.46. The fourth-order valence-electron chi connectivity index (χ4n) is 0.881. The van der Waals surface area contributed by atoms with Crippen LogP contribution in [-0.2, 0) is 9.63 Å². The lowest BCUT2D eigenvalue weighted by molar-refractivity contribution is -0.111. The quantitative estimate of drug-likeness (QED) is 0.496. The highest BCUT2D eigenvalue weighted by molar-refractivity contribution is 8.02. The van der Waals surface area contributed by atoms with Gasteiger partial charge in [-0.2, -0.15) is 0 Å². The monoisotopic (exact) mass is 201 g/mol. The van der Waals surface area contributed by atoms with E-state index in [1.165, 1.54) is 25.8 Å². The summed E-state index contributed by atoms with van der Waals surface area (Å²) in [5, 5.41) is 8.25. The summed E-state index contributed by atoms with van der Waals surface area (Å²) in [6.07, 6.45) is 0. The molecule has 0 aromatic heterocycles. The van der Waals surface area contributed by atoms with Gasteiger partial charge in [0.15, 0.2) is 11.5 Å².